The third-order valence-electron chi connectivity index (χ3n) is 4.20. The molecule has 1 aliphatic rings. The molecule has 1 aromatic rings. The van der Waals surface area contributed by atoms with Gasteiger partial charge < -0.3 is 19.8 Å². The van der Waals surface area contributed by atoms with Crippen molar-refractivity contribution < 1.29 is 19.3 Å². The first kappa shape index (κ1) is 20.4. The first-order valence-electron chi connectivity index (χ1n) is 8.74. The number of likely N-dealkylation sites (N-methyl/N-ethyl adjacent to an activating group) is 1. The van der Waals surface area contributed by atoms with Gasteiger partial charge in [0.1, 0.15) is 14.2 Å². The fraction of sp³-hybridized carbons (Fsp3) is 0.474. The second-order valence-electron chi connectivity index (χ2n) is 6.20. The van der Waals surface area contributed by atoms with E-state index in [-0.39, 0.29) is 17.7 Å². The molecule has 0 heterocycles. The van der Waals surface area contributed by atoms with Crippen molar-refractivity contribution >= 4 is 23.0 Å². The first-order chi connectivity index (χ1) is 13.0. The van der Waals surface area contributed by atoms with Gasteiger partial charge in [-0.25, -0.2) is 0 Å². The van der Waals surface area contributed by atoms with E-state index in [2.05, 4.69) is 20.8 Å². The van der Waals surface area contributed by atoms with Crippen molar-refractivity contribution in [2.45, 2.75) is 32.8 Å². The number of carbonyl (C=O) groups is 1. The zero-order valence-electron chi connectivity index (χ0n) is 16.4. The molecule has 1 unspecified atom stereocenters. The summed E-state index contributed by atoms with van der Waals surface area (Å²) in [6.45, 7) is 3.68. The van der Waals surface area contributed by atoms with Crippen LogP contribution in [0.1, 0.15) is 37.8 Å². The summed E-state index contributed by atoms with van der Waals surface area (Å²) in [5.41, 5.74) is 2.87. The van der Waals surface area contributed by atoms with Gasteiger partial charge in [-0.05, 0) is 26.7 Å². The van der Waals surface area contributed by atoms with Crippen LogP contribution < -0.4 is 5.32 Å². The number of hydrogen-bond acceptors (Lipinski definition) is 7. The maximum atomic E-state index is 12.2. The Balaban J connectivity index is 2.32. The van der Waals surface area contributed by atoms with Crippen LogP contribution in [0, 0.1) is 5.92 Å². The zero-order chi connectivity index (χ0) is 19.8. The monoisotopic (exact) mass is 374 g/mol. The highest BCUT2D eigenvalue weighted by atomic mass is 16.6. The number of nitrogens with zero attached hydrogens (tertiary/aromatic N) is 3. The van der Waals surface area contributed by atoms with E-state index < -0.39 is 0 Å². The van der Waals surface area contributed by atoms with Gasteiger partial charge in [-0.2, -0.15) is 0 Å². The minimum absolute atomic E-state index is 0.168. The molecule has 27 heavy (non-hydrogen) atoms. The van der Waals surface area contributed by atoms with Gasteiger partial charge in [-0.1, -0.05) is 39.7 Å². The molecular formula is C19H26N4O4. The second-order valence-corrected chi connectivity index (χ2v) is 6.20. The number of oxime groups is 3. The van der Waals surface area contributed by atoms with Gasteiger partial charge in [-0.15, -0.1) is 0 Å². The van der Waals surface area contributed by atoms with Crippen molar-refractivity contribution in [2.75, 3.05) is 21.3 Å². The van der Waals surface area contributed by atoms with Crippen LogP contribution in [0.2, 0.25) is 0 Å². The topological polar surface area (TPSA) is 93.9 Å². The van der Waals surface area contributed by atoms with Crippen LogP contribution in [0.4, 0.5) is 0 Å². The fourth-order valence-electron chi connectivity index (χ4n) is 2.71. The number of carbonyl (C=O) groups excluding carboxylic acids is 1. The maximum Gasteiger partial charge on any atom is 0.273 e. The lowest BCUT2D eigenvalue weighted by atomic mass is 9.99. The van der Waals surface area contributed by atoms with Crippen molar-refractivity contribution in [1.29, 1.82) is 0 Å². The maximum absolute atomic E-state index is 12.2. The Bertz CT molecular complexity index is 754. The Morgan fingerprint density at radius 3 is 2.26 bits per heavy atom. The highest BCUT2D eigenvalue weighted by Gasteiger charge is 2.36. The summed E-state index contributed by atoms with van der Waals surface area (Å²) < 4.78 is 0. The van der Waals surface area contributed by atoms with Crippen LogP contribution in [0.15, 0.2) is 39.7 Å². The standard InChI is InChI=1S/C19H26N4O4/c1-12(22-27-18(14-10-11-14)13(2)21-25-4)15-8-6-7-9-16(15)17(23-26-5)19(24)20-3/h6-9,14,18H,10-11H2,1-5H3,(H,20,24)/b21-13-,22-12-,23-17-. The summed E-state index contributed by atoms with van der Waals surface area (Å²) in [5, 5.41) is 14.7. The highest BCUT2D eigenvalue weighted by molar-refractivity contribution is 6.46. The summed E-state index contributed by atoms with van der Waals surface area (Å²) in [6.07, 6.45) is 1.93. The summed E-state index contributed by atoms with van der Waals surface area (Å²) in [4.78, 5) is 27.7. The Morgan fingerprint density at radius 1 is 1.07 bits per heavy atom. The molecule has 0 aromatic heterocycles. The van der Waals surface area contributed by atoms with Crippen molar-refractivity contribution in [2.24, 2.45) is 21.4 Å². The van der Waals surface area contributed by atoms with Crippen LogP contribution in [0.25, 0.3) is 0 Å². The normalized spacial score (nSPS) is 16.6. The van der Waals surface area contributed by atoms with E-state index in [4.69, 9.17) is 14.5 Å². The van der Waals surface area contributed by atoms with Gasteiger partial charge in [-0.3, -0.25) is 4.79 Å². The van der Waals surface area contributed by atoms with Gasteiger partial charge in [0.25, 0.3) is 5.91 Å². The first-order valence-corrected chi connectivity index (χ1v) is 8.74. The predicted octanol–water partition coefficient (Wildman–Crippen LogP) is 2.32. The Morgan fingerprint density at radius 2 is 1.70 bits per heavy atom. The van der Waals surface area contributed by atoms with Crippen LogP contribution >= 0.6 is 0 Å². The number of benzene rings is 1. The number of amides is 1. The van der Waals surface area contributed by atoms with Crippen LogP contribution in [-0.4, -0.2) is 50.4 Å². The summed E-state index contributed by atoms with van der Waals surface area (Å²) in [6, 6.07) is 7.33. The molecule has 1 atom stereocenters. The van der Waals surface area contributed by atoms with Gasteiger partial charge in [0, 0.05) is 24.1 Å². The zero-order valence-corrected chi connectivity index (χ0v) is 16.4. The molecule has 0 aliphatic heterocycles. The molecule has 1 amide bonds. The lowest BCUT2D eigenvalue weighted by Gasteiger charge is -2.15. The Kier molecular flexibility index (Phi) is 7.34. The molecule has 0 radical (unpaired) electrons. The minimum Gasteiger partial charge on any atom is -0.399 e. The molecule has 2 rings (SSSR count). The van der Waals surface area contributed by atoms with Gasteiger partial charge >= 0.3 is 0 Å². The average molecular weight is 374 g/mol. The van der Waals surface area contributed by atoms with E-state index in [9.17, 15) is 4.79 Å². The molecule has 146 valence electrons. The average Bonchev–Trinajstić information content (AvgIpc) is 3.51. The van der Waals surface area contributed by atoms with E-state index >= 15 is 0 Å². The molecule has 8 nitrogen and oxygen atoms in total. The largest absolute Gasteiger partial charge is 0.399 e. The highest BCUT2D eigenvalue weighted by Crippen LogP contribution is 2.35. The van der Waals surface area contributed by atoms with Gasteiger partial charge in [0.2, 0.25) is 0 Å². The Labute approximate surface area is 159 Å². The van der Waals surface area contributed by atoms with Crippen molar-refractivity contribution in [3.05, 3.63) is 35.4 Å². The van der Waals surface area contributed by atoms with Crippen LogP contribution in [0.3, 0.4) is 0 Å². The number of rotatable bonds is 9. The number of hydrogen-bond donors (Lipinski definition) is 1. The quantitative estimate of drug-likeness (QED) is 0.530. The molecule has 1 saturated carbocycles. The predicted molar refractivity (Wildman–Crippen MR) is 104 cm³/mol. The molecule has 1 aliphatic carbocycles. The van der Waals surface area contributed by atoms with E-state index in [0.717, 1.165) is 24.1 Å². The second kappa shape index (κ2) is 9.70. The van der Waals surface area contributed by atoms with Crippen molar-refractivity contribution in [3.8, 4) is 0 Å². The van der Waals surface area contributed by atoms with Crippen molar-refractivity contribution in [1.82, 2.24) is 5.32 Å². The van der Waals surface area contributed by atoms with E-state index in [1.807, 2.05) is 32.0 Å². The van der Waals surface area contributed by atoms with Gasteiger partial charge in [0.05, 0.1) is 11.4 Å². The molecule has 0 bridgehead atoms. The summed E-state index contributed by atoms with van der Waals surface area (Å²) in [7, 11) is 4.44. The van der Waals surface area contributed by atoms with Crippen LogP contribution in [0.5, 0.6) is 0 Å². The van der Waals surface area contributed by atoms with E-state index in [1.165, 1.54) is 14.2 Å². The SMILES string of the molecule is CNC(=O)/C(=N\OC)c1ccccc1/C(C)=N\OC(/C(C)=N\OC)C1CC1. The summed E-state index contributed by atoms with van der Waals surface area (Å²) in [5.74, 6) is 0.0455. The third kappa shape index (κ3) is 5.29. The Hall–Kier alpha value is -2.90. The smallest absolute Gasteiger partial charge is 0.273 e. The molecule has 8 heteroatoms. The lowest BCUT2D eigenvalue weighted by Crippen LogP contribution is -2.30. The van der Waals surface area contributed by atoms with Crippen LogP contribution in [-0.2, 0) is 19.3 Å². The van der Waals surface area contributed by atoms with E-state index in [0.29, 0.717) is 17.2 Å². The molecule has 1 aromatic carbocycles. The molecular weight excluding hydrogens is 348 g/mol. The minimum atomic E-state index is -0.350. The fourth-order valence-corrected chi connectivity index (χ4v) is 2.71. The van der Waals surface area contributed by atoms with Gasteiger partial charge in [0.15, 0.2) is 11.8 Å². The summed E-state index contributed by atoms with van der Waals surface area (Å²) >= 11 is 0. The molecule has 1 N–H and O–H groups in total. The van der Waals surface area contributed by atoms with Crippen molar-refractivity contribution in [3.63, 3.8) is 0 Å². The molecule has 1 fully saturated rings. The molecule has 0 saturated heterocycles. The van der Waals surface area contributed by atoms with E-state index in [1.54, 1.807) is 13.1 Å². The lowest BCUT2D eigenvalue weighted by molar-refractivity contribution is -0.114. The molecule has 0 spiro atoms. The number of nitrogens with one attached hydrogen (secondary N) is 1. The third-order valence-corrected chi connectivity index (χ3v) is 4.20.